The summed E-state index contributed by atoms with van der Waals surface area (Å²) in [7, 11) is 18.1. The molecule has 0 amide bonds. The fourth-order valence-corrected chi connectivity index (χ4v) is 6.27. The Morgan fingerprint density at radius 2 is 0.833 bits per heavy atom. The van der Waals surface area contributed by atoms with Gasteiger partial charge in [0.25, 0.3) is 0 Å². The van der Waals surface area contributed by atoms with Crippen molar-refractivity contribution >= 4 is 88.1 Å². The number of fused-ring (bicyclic) bond motifs is 3. The van der Waals surface area contributed by atoms with Crippen molar-refractivity contribution in [2.45, 2.75) is 0 Å². The number of hydrogen-bond donors (Lipinski definition) is 0. The van der Waals surface area contributed by atoms with E-state index in [4.69, 9.17) is 0 Å². The molecule has 78 heavy (non-hydrogen) atoms. The normalized spacial score (nSPS) is 7.92. The number of aryl methyl sites for hydroxylation is 6. The zero-order valence-corrected chi connectivity index (χ0v) is 105. The maximum Gasteiger partial charge on any atom is 0.227 e. The predicted octanol–water partition coefficient (Wildman–Crippen LogP) is -3.25. The molecule has 0 saturated heterocycles. The number of hydrogen-bond acceptors (Lipinski definition) is 6. The van der Waals surface area contributed by atoms with Gasteiger partial charge in [-0.15, -0.1) is 18.7 Å². The van der Waals surface area contributed by atoms with Gasteiger partial charge in [-0.25, -0.2) is 14.1 Å². The minimum atomic E-state index is 0. The molecule has 27 radical (unpaired) electrons. The van der Waals surface area contributed by atoms with Crippen LogP contribution in [0.3, 0.4) is 0 Å². The fourth-order valence-electron chi connectivity index (χ4n) is 6.27. The smallest absolute Gasteiger partial charge is 0.227 e. The van der Waals surface area contributed by atoms with Gasteiger partial charge in [-0.1, -0.05) is 76.4 Å². The molecular weight excluding hydrogens is 2570 g/mol. The maximum absolute atomic E-state index is 4.56. The first-order valence-electron chi connectivity index (χ1n) is 18.5. The number of benzene rings is 3. The summed E-state index contributed by atoms with van der Waals surface area (Å²) < 4.78 is 11.6. The average molecular weight is 2610 g/mol. The third-order valence-electron chi connectivity index (χ3n) is 9.59. The molecule has 9 aromatic rings. The van der Waals surface area contributed by atoms with Crippen molar-refractivity contribution in [2.75, 3.05) is 0 Å². The molecule has 0 fully saturated rings. The minimum absolute atomic E-state index is 0. The van der Waals surface area contributed by atoms with E-state index in [0.29, 0.717) is 0 Å². The minimum Gasteiger partial charge on any atom is -0.256 e. The molecule has 0 bridgehead atoms. The number of rotatable bonds is 6. The molecule has 36 heteroatoms. The topological polar surface area (TPSA) is 101 Å². The van der Waals surface area contributed by atoms with Gasteiger partial charge < -0.3 is 0 Å². The van der Waals surface area contributed by atoms with Crippen molar-refractivity contribution < 1.29 is 715 Å². The second kappa shape index (κ2) is 74.5. The van der Waals surface area contributed by atoms with Crippen molar-refractivity contribution in [1.29, 1.82) is 0 Å². The third-order valence-corrected chi connectivity index (χ3v) is 9.59. The Kier molecular flexibility index (Phi) is 125. The van der Waals surface area contributed by atoms with Gasteiger partial charge in [-0.2, -0.15) is 0 Å². The van der Waals surface area contributed by atoms with Crippen LogP contribution in [-0.2, 0) is 729 Å². The zero-order valence-electron chi connectivity index (χ0n) is 45.1. The SMILES string of the molecule is C[n+]1ccncc1[B-]c1cnc2ccccc2[n+]1C.C[n+]1ncccc1[B-]c1c2ccccc2cn[n+]1C.C[n+]1ncccc1[B-]c1cc2ccccc2n[n+]1C.[Y].[Y].[Y].[Y].[Y].[Y].[Y].[Y].[Y].[Y].[Y].[Y].[Y].[Y].[Y].[Y].[Y].[Y].[Y].[Y].[Y]. The molecule has 3 aromatic carbocycles. The first-order valence-corrected chi connectivity index (χ1v) is 18.5. The van der Waals surface area contributed by atoms with E-state index in [1.54, 1.807) is 18.6 Å². The summed E-state index contributed by atoms with van der Waals surface area (Å²) in [5.74, 6) is 0. The number of para-hydroxylation sites is 2. The summed E-state index contributed by atoms with van der Waals surface area (Å²) >= 11 is 0. The summed E-state index contributed by atoms with van der Waals surface area (Å²) in [5.41, 5.74) is 9.38. The van der Waals surface area contributed by atoms with E-state index in [9.17, 15) is 0 Å². The zero-order chi connectivity index (χ0) is 39.7. The Morgan fingerprint density at radius 3 is 1.37 bits per heavy atom. The third kappa shape index (κ3) is 44.0. The van der Waals surface area contributed by atoms with E-state index in [1.165, 1.54) is 5.39 Å². The Balaban J connectivity index is -0.0000000517. The summed E-state index contributed by atoms with van der Waals surface area (Å²) in [6.45, 7) is 0. The summed E-state index contributed by atoms with van der Waals surface area (Å²) in [6.07, 6.45) is 12.9. The Labute approximate surface area is 993 Å². The van der Waals surface area contributed by atoms with Crippen LogP contribution in [0.2, 0.25) is 0 Å². The number of nitrogens with zero attached hydrogens (tertiary/aromatic N) is 12. The van der Waals surface area contributed by atoms with Crippen LogP contribution in [0.4, 0.5) is 0 Å². The van der Waals surface area contributed by atoms with Gasteiger partial charge in [0.05, 0.1) is 18.6 Å². The van der Waals surface area contributed by atoms with E-state index < -0.39 is 0 Å². The summed E-state index contributed by atoms with van der Waals surface area (Å²) in [5, 5.41) is 20.9. The van der Waals surface area contributed by atoms with Crippen molar-refractivity contribution in [3.8, 4) is 0 Å². The Hall–Kier alpha value is 16.3. The van der Waals surface area contributed by atoms with Gasteiger partial charge in [0.15, 0.2) is 34.4 Å². The van der Waals surface area contributed by atoms with Crippen LogP contribution in [0, 0.1) is 0 Å². The molecule has 0 N–H and O–H groups in total. The molecule has 0 unspecified atom stereocenters. The van der Waals surface area contributed by atoms with E-state index >= 15 is 0 Å². The molecule has 0 aliphatic heterocycles. The summed E-state index contributed by atoms with van der Waals surface area (Å²) in [4.78, 5) is 8.64. The van der Waals surface area contributed by atoms with E-state index in [0.717, 1.165) is 60.9 Å². The van der Waals surface area contributed by atoms with Crippen LogP contribution in [0.5, 0.6) is 0 Å². The van der Waals surface area contributed by atoms with E-state index in [-0.39, 0.29) is 687 Å². The van der Waals surface area contributed by atoms with Gasteiger partial charge in [-0.05, 0) is 96.4 Å². The predicted molar refractivity (Wildman–Crippen MR) is 220 cm³/mol. The molecule has 6 heterocycles. The maximum atomic E-state index is 4.56. The Morgan fingerprint density at radius 1 is 0.359 bits per heavy atom. The molecule has 0 atom stereocenters. The number of aromatic nitrogens is 12. The summed E-state index contributed by atoms with van der Waals surface area (Å²) in [6, 6.07) is 34.5. The van der Waals surface area contributed by atoms with Gasteiger partial charge in [-0.3, -0.25) is 4.98 Å². The molecule has 0 spiro atoms. The van der Waals surface area contributed by atoms with Crippen LogP contribution in [0.25, 0.3) is 32.7 Å². The molecular formula is C42H42B3N12Y21+3. The van der Waals surface area contributed by atoms with Gasteiger partial charge >= 0.3 is 0 Å². The van der Waals surface area contributed by atoms with Gasteiger partial charge in [0.1, 0.15) is 31.3 Å². The van der Waals surface area contributed by atoms with Crippen LogP contribution < -0.4 is 61.4 Å². The van der Waals surface area contributed by atoms with Crippen LogP contribution >= 0.6 is 0 Å². The van der Waals surface area contributed by atoms with E-state index in [1.807, 2.05) is 163 Å². The second-order valence-electron chi connectivity index (χ2n) is 13.4. The molecule has 0 aliphatic rings. The van der Waals surface area contributed by atoms with Crippen LogP contribution in [-0.4, -0.2) is 52.2 Å². The Bertz CT molecular complexity index is 2850. The quantitative estimate of drug-likeness (QED) is 0.128. The standard InChI is InChI=1S/3C14H14BN4.21Y/c1-18-13(8-5-9-16-18)15-14-12-7-4-3-6-11(12)10-17-19(14)2;1-18-13(8-5-9-16-18)15-14-10-11-6-3-4-7-12(11)17-19(14)2;1-18-8-7-16-9-13(18)15-14-10-17-11-5-3-4-6-12(11)19(14)2;;;;;;;;;;;;;;;;;;;;;/h3*3-10H,1-2H3;;;;;;;;;;;;;;;;;;;;;/q3*+1;;;;;;;;;;;;;;;;;;;;;. The van der Waals surface area contributed by atoms with Crippen molar-refractivity contribution in [2.24, 2.45) is 42.3 Å². The van der Waals surface area contributed by atoms with Crippen molar-refractivity contribution in [3.05, 3.63) is 147 Å². The van der Waals surface area contributed by atoms with Crippen molar-refractivity contribution in [1.82, 2.24) is 30.4 Å². The molecule has 0 saturated carbocycles. The van der Waals surface area contributed by atoms with Gasteiger partial charge in [0, 0.05) is 722 Å². The second-order valence-corrected chi connectivity index (χ2v) is 13.4. The monoisotopic (exact) mass is 2610 g/mol. The van der Waals surface area contributed by atoms with E-state index in [2.05, 4.69) is 87.1 Å². The molecule has 6 aromatic heterocycles. The molecule has 12 nitrogen and oxygen atoms in total. The van der Waals surface area contributed by atoms with Crippen molar-refractivity contribution in [3.63, 3.8) is 0 Å². The first-order chi connectivity index (χ1) is 27.7. The average Bonchev–Trinajstić information content (AvgIpc) is 3.23. The van der Waals surface area contributed by atoms with Gasteiger partial charge in [0.2, 0.25) is 5.52 Å². The molecule has 9 rings (SSSR count). The fraction of sp³-hybridized carbons (Fsp3) is 0.143. The van der Waals surface area contributed by atoms with Crippen LogP contribution in [0.15, 0.2) is 147 Å². The molecule has 0 aliphatic carbocycles. The first kappa shape index (κ1) is 131. The largest absolute Gasteiger partial charge is 0.256 e. The molecule has 339 valence electrons. The van der Waals surface area contributed by atoms with Crippen LogP contribution in [0.1, 0.15) is 0 Å².